The van der Waals surface area contributed by atoms with Gasteiger partial charge in [0, 0.05) is 12.7 Å². The average Bonchev–Trinajstić information content (AvgIpc) is 2.08. The number of aryl methyl sites for hydroxylation is 1. The van der Waals surface area contributed by atoms with Crippen LogP contribution in [0.15, 0.2) is 40.3 Å². The fourth-order valence-corrected chi connectivity index (χ4v) is 1.29. The van der Waals surface area contributed by atoms with Gasteiger partial charge in [-0.3, -0.25) is 4.79 Å². The van der Waals surface area contributed by atoms with Gasteiger partial charge in [-0.1, -0.05) is 6.08 Å². The van der Waals surface area contributed by atoms with Crippen LogP contribution in [-0.4, -0.2) is 4.57 Å². The van der Waals surface area contributed by atoms with Crippen LogP contribution in [0, 0.1) is 0 Å². The maximum absolute atomic E-state index is 11.4. The maximum Gasteiger partial charge on any atom is 0.264 e. The van der Waals surface area contributed by atoms with Gasteiger partial charge in [0.05, 0.1) is 4.47 Å². The van der Waals surface area contributed by atoms with Crippen molar-refractivity contribution in [2.24, 2.45) is 0 Å². The van der Waals surface area contributed by atoms with Crippen LogP contribution >= 0.6 is 15.9 Å². The molecule has 0 N–H and O–H groups in total. The molecule has 0 saturated carbocycles. The Hall–Kier alpha value is -0.830. The number of halogens is 1. The molecule has 0 aliphatic heterocycles. The zero-order valence-corrected chi connectivity index (χ0v) is 8.25. The van der Waals surface area contributed by atoms with E-state index in [1.54, 1.807) is 22.9 Å². The van der Waals surface area contributed by atoms with E-state index < -0.39 is 0 Å². The number of allylic oxidation sites excluding steroid dienone is 1. The summed E-state index contributed by atoms with van der Waals surface area (Å²) in [7, 11) is 0. The second-order valence-corrected chi connectivity index (χ2v) is 3.29. The van der Waals surface area contributed by atoms with Crippen molar-refractivity contribution in [3.8, 4) is 0 Å². The molecule has 0 bridgehead atoms. The molecule has 0 unspecified atom stereocenters. The first-order chi connectivity index (χ1) is 5.75. The van der Waals surface area contributed by atoms with Gasteiger partial charge < -0.3 is 4.57 Å². The van der Waals surface area contributed by atoms with E-state index in [4.69, 9.17) is 0 Å². The minimum atomic E-state index is 0.0133. The topological polar surface area (TPSA) is 22.0 Å². The minimum absolute atomic E-state index is 0.0133. The summed E-state index contributed by atoms with van der Waals surface area (Å²) in [6.07, 6.45) is 4.39. The molecule has 0 fully saturated rings. The first-order valence-electron chi connectivity index (χ1n) is 3.71. The lowest BCUT2D eigenvalue weighted by Gasteiger charge is -2.02. The van der Waals surface area contributed by atoms with Crippen LogP contribution < -0.4 is 5.56 Å². The van der Waals surface area contributed by atoms with Crippen molar-refractivity contribution in [3.63, 3.8) is 0 Å². The van der Waals surface area contributed by atoms with Crippen LogP contribution in [0.25, 0.3) is 0 Å². The normalized spacial score (nSPS) is 9.75. The second-order valence-electron chi connectivity index (χ2n) is 2.43. The summed E-state index contributed by atoms with van der Waals surface area (Å²) < 4.78 is 2.26. The molecule has 2 nitrogen and oxygen atoms in total. The smallest absolute Gasteiger partial charge is 0.264 e. The molecule has 0 aliphatic carbocycles. The number of hydrogen-bond donors (Lipinski definition) is 0. The predicted octanol–water partition coefficient (Wildman–Crippen LogP) is 2.19. The zero-order valence-electron chi connectivity index (χ0n) is 6.66. The van der Waals surface area contributed by atoms with Crippen molar-refractivity contribution >= 4 is 15.9 Å². The molecular weight excluding hydrogens is 218 g/mol. The number of nitrogens with zero attached hydrogens (tertiary/aromatic N) is 1. The van der Waals surface area contributed by atoms with Crippen LogP contribution in [0.2, 0.25) is 0 Å². The van der Waals surface area contributed by atoms with Crippen molar-refractivity contribution in [3.05, 3.63) is 45.8 Å². The molecular formula is C9H10BrNO. The van der Waals surface area contributed by atoms with Crippen molar-refractivity contribution in [2.45, 2.75) is 13.0 Å². The molecule has 0 saturated heterocycles. The molecule has 1 aromatic rings. The molecule has 1 heterocycles. The highest BCUT2D eigenvalue weighted by Gasteiger charge is 1.97. The van der Waals surface area contributed by atoms with Gasteiger partial charge in [-0.25, -0.2) is 0 Å². The fraction of sp³-hybridized carbons (Fsp3) is 0.222. The number of aromatic nitrogens is 1. The molecule has 0 spiro atoms. The lowest BCUT2D eigenvalue weighted by Crippen LogP contribution is -2.19. The quantitative estimate of drug-likeness (QED) is 0.727. The summed E-state index contributed by atoms with van der Waals surface area (Å²) in [6.45, 7) is 4.30. The highest BCUT2D eigenvalue weighted by Crippen LogP contribution is 2.00. The van der Waals surface area contributed by atoms with Crippen LogP contribution in [0.3, 0.4) is 0 Å². The van der Waals surface area contributed by atoms with Crippen molar-refractivity contribution in [1.82, 2.24) is 4.57 Å². The van der Waals surface area contributed by atoms with Crippen LogP contribution in [0.5, 0.6) is 0 Å². The fourth-order valence-electron chi connectivity index (χ4n) is 0.914. The van der Waals surface area contributed by atoms with Gasteiger partial charge in [-0.2, -0.15) is 0 Å². The maximum atomic E-state index is 11.4. The summed E-state index contributed by atoms with van der Waals surface area (Å²) >= 11 is 3.18. The summed E-state index contributed by atoms with van der Waals surface area (Å²) in [6, 6.07) is 3.58. The highest BCUT2D eigenvalue weighted by atomic mass is 79.9. The van der Waals surface area contributed by atoms with E-state index >= 15 is 0 Å². The first-order valence-corrected chi connectivity index (χ1v) is 4.51. The molecule has 0 aliphatic rings. The van der Waals surface area contributed by atoms with Gasteiger partial charge in [0.1, 0.15) is 0 Å². The summed E-state index contributed by atoms with van der Waals surface area (Å²) in [5.74, 6) is 0. The highest BCUT2D eigenvalue weighted by molar-refractivity contribution is 9.10. The number of hydrogen-bond acceptors (Lipinski definition) is 1. The van der Waals surface area contributed by atoms with Crippen LogP contribution in [0.1, 0.15) is 6.42 Å². The lowest BCUT2D eigenvalue weighted by atomic mass is 10.4. The third kappa shape index (κ3) is 2.08. The Morgan fingerprint density at radius 2 is 2.42 bits per heavy atom. The van der Waals surface area contributed by atoms with Crippen molar-refractivity contribution in [2.75, 3.05) is 0 Å². The van der Waals surface area contributed by atoms with Gasteiger partial charge in [-0.05, 0) is 34.5 Å². The van der Waals surface area contributed by atoms with Crippen molar-refractivity contribution in [1.29, 1.82) is 0 Å². The van der Waals surface area contributed by atoms with E-state index in [2.05, 4.69) is 22.5 Å². The monoisotopic (exact) mass is 227 g/mol. The van der Waals surface area contributed by atoms with E-state index in [1.165, 1.54) is 0 Å². The van der Waals surface area contributed by atoms with Gasteiger partial charge in [0.25, 0.3) is 5.56 Å². The van der Waals surface area contributed by atoms with Gasteiger partial charge in [0.2, 0.25) is 0 Å². The van der Waals surface area contributed by atoms with Crippen molar-refractivity contribution < 1.29 is 0 Å². The molecule has 64 valence electrons. The molecule has 1 rings (SSSR count). The van der Waals surface area contributed by atoms with Crippen LogP contribution in [-0.2, 0) is 6.54 Å². The Morgan fingerprint density at radius 3 is 3.08 bits per heavy atom. The first kappa shape index (κ1) is 9.26. The van der Waals surface area contributed by atoms with E-state index in [9.17, 15) is 4.79 Å². The van der Waals surface area contributed by atoms with E-state index in [-0.39, 0.29) is 5.56 Å². The summed E-state index contributed by atoms with van der Waals surface area (Å²) in [5.41, 5.74) is 0.0133. The minimum Gasteiger partial charge on any atom is -0.314 e. The molecule has 0 aromatic carbocycles. The Bertz CT molecular complexity index is 330. The Kier molecular flexibility index (Phi) is 3.29. The van der Waals surface area contributed by atoms with E-state index in [0.29, 0.717) is 11.0 Å². The summed E-state index contributed by atoms with van der Waals surface area (Å²) in [5, 5.41) is 0. The molecule has 0 atom stereocenters. The zero-order chi connectivity index (χ0) is 8.97. The Labute approximate surface area is 79.7 Å². The third-order valence-corrected chi connectivity index (χ3v) is 2.15. The second kappa shape index (κ2) is 4.26. The van der Waals surface area contributed by atoms with Gasteiger partial charge in [-0.15, -0.1) is 6.58 Å². The third-order valence-electron chi connectivity index (χ3n) is 1.55. The van der Waals surface area contributed by atoms with E-state index in [1.807, 2.05) is 6.07 Å². The SMILES string of the molecule is C=CCCn1cccc(Br)c1=O. The van der Waals surface area contributed by atoms with Crippen LogP contribution in [0.4, 0.5) is 0 Å². The number of rotatable bonds is 3. The van der Waals surface area contributed by atoms with Gasteiger partial charge in [0.15, 0.2) is 0 Å². The Balaban J connectivity index is 2.92. The van der Waals surface area contributed by atoms with E-state index in [0.717, 1.165) is 6.42 Å². The standard InChI is InChI=1S/C9H10BrNO/c1-2-3-6-11-7-4-5-8(10)9(11)12/h2,4-5,7H,1,3,6H2. The largest absolute Gasteiger partial charge is 0.314 e. The number of pyridine rings is 1. The molecule has 3 heteroatoms. The molecule has 0 amide bonds. The Morgan fingerprint density at radius 1 is 1.67 bits per heavy atom. The van der Waals surface area contributed by atoms with Gasteiger partial charge >= 0.3 is 0 Å². The molecule has 12 heavy (non-hydrogen) atoms. The molecule has 0 radical (unpaired) electrons. The average molecular weight is 228 g/mol. The predicted molar refractivity (Wildman–Crippen MR) is 53.2 cm³/mol. The summed E-state index contributed by atoms with van der Waals surface area (Å²) in [4.78, 5) is 11.4. The molecule has 1 aromatic heterocycles. The lowest BCUT2D eigenvalue weighted by molar-refractivity contribution is 0.678.